The second kappa shape index (κ2) is 5.82. The van der Waals surface area contributed by atoms with Crippen molar-refractivity contribution < 1.29 is 9.90 Å². The van der Waals surface area contributed by atoms with Gasteiger partial charge in [0.25, 0.3) is 5.91 Å². The number of carbonyl (C=O) groups excluding carboxylic acids is 1. The molecule has 2 atom stereocenters. The maximum Gasteiger partial charge on any atom is 0.254 e. The Morgan fingerprint density at radius 3 is 2.88 bits per heavy atom. The van der Waals surface area contributed by atoms with E-state index in [2.05, 4.69) is 10.3 Å². The largest absolute Gasteiger partial charge is 0.396 e. The maximum atomic E-state index is 11.8. The Morgan fingerprint density at radius 2 is 2.31 bits per heavy atom. The first-order valence-corrected chi connectivity index (χ1v) is 5.46. The van der Waals surface area contributed by atoms with Crippen LogP contribution in [0.25, 0.3) is 0 Å². The average molecular weight is 243 g/mol. The van der Waals surface area contributed by atoms with Gasteiger partial charge in [0, 0.05) is 18.8 Å². The third-order valence-electron chi connectivity index (χ3n) is 2.50. The highest BCUT2D eigenvalue weighted by atomic mass is 35.5. The van der Waals surface area contributed by atoms with Crippen molar-refractivity contribution in [2.45, 2.75) is 19.9 Å². The van der Waals surface area contributed by atoms with Gasteiger partial charge < -0.3 is 10.4 Å². The number of aliphatic hydroxyl groups excluding tert-OH is 1. The van der Waals surface area contributed by atoms with Gasteiger partial charge in [0.15, 0.2) is 0 Å². The van der Waals surface area contributed by atoms with Gasteiger partial charge >= 0.3 is 0 Å². The van der Waals surface area contributed by atoms with Gasteiger partial charge in [-0.25, -0.2) is 4.98 Å². The Kier molecular flexibility index (Phi) is 4.71. The van der Waals surface area contributed by atoms with Crippen molar-refractivity contribution >= 4 is 17.5 Å². The van der Waals surface area contributed by atoms with Crippen LogP contribution in [0.5, 0.6) is 0 Å². The van der Waals surface area contributed by atoms with E-state index >= 15 is 0 Å². The molecule has 0 bridgehead atoms. The summed E-state index contributed by atoms with van der Waals surface area (Å²) in [4.78, 5) is 15.6. The van der Waals surface area contributed by atoms with Crippen LogP contribution in [-0.2, 0) is 0 Å². The standard InChI is InChI=1S/C11H15ClN2O2/c1-7(6-15)8(2)14-11(16)9-4-3-5-13-10(9)12/h3-5,7-8,15H,6H2,1-2H3,(H,14,16). The number of hydrogen-bond acceptors (Lipinski definition) is 3. The van der Waals surface area contributed by atoms with Crippen LogP contribution >= 0.6 is 11.6 Å². The molecule has 0 spiro atoms. The molecule has 0 radical (unpaired) electrons. The fraction of sp³-hybridized carbons (Fsp3) is 0.455. The van der Waals surface area contributed by atoms with E-state index in [1.165, 1.54) is 6.20 Å². The molecule has 2 N–H and O–H groups in total. The minimum Gasteiger partial charge on any atom is -0.396 e. The van der Waals surface area contributed by atoms with Crippen LogP contribution in [0.4, 0.5) is 0 Å². The van der Waals surface area contributed by atoms with E-state index in [0.717, 1.165) is 0 Å². The monoisotopic (exact) mass is 242 g/mol. The molecule has 1 aromatic heterocycles. The van der Waals surface area contributed by atoms with Crippen molar-refractivity contribution in [3.63, 3.8) is 0 Å². The Hall–Kier alpha value is -1.13. The van der Waals surface area contributed by atoms with E-state index in [0.29, 0.717) is 5.56 Å². The molecule has 1 aromatic rings. The Bertz CT molecular complexity index is 371. The molecule has 1 rings (SSSR count). The minimum absolute atomic E-state index is 0.000558. The van der Waals surface area contributed by atoms with Crippen molar-refractivity contribution in [1.82, 2.24) is 10.3 Å². The molecule has 1 heterocycles. The second-order valence-electron chi connectivity index (χ2n) is 3.76. The summed E-state index contributed by atoms with van der Waals surface area (Å²) in [6.45, 7) is 3.72. The van der Waals surface area contributed by atoms with E-state index in [1.807, 2.05) is 13.8 Å². The molecule has 0 aromatic carbocycles. The normalized spacial score (nSPS) is 14.2. The van der Waals surface area contributed by atoms with Gasteiger partial charge in [-0.05, 0) is 25.0 Å². The number of aliphatic hydroxyl groups is 1. The Labute approximate surface area is 99.6 Å². The fourth-order valence-corrected chi connectivity index (χ4v) is 1.35. The summed E-state index contributed by atoms with van der Waals surface area (Å²) in [6.07, 6.45) is 1.53. The first kappa shape index (κ1) is 12.9. The zero-order valence-corrected chi connectivity index (χ0v) is 10.0. The molecule has 0 aliphatic carbocycles. The van der Waals surface area contributed by atoms with Gasteiger partial charge in [0.05, 0.1) is 5.56 Å². The van der Waals surface area contributed by atoms with Crippen LogP contribution in [-0.4, -0.2) is 28.6 Å². The van der Waals surface area contributed by atoms with Crippen LogP contribution in [0.1, 0.15) is 24.2 Å². The summed E-state index contributed by atoms with van der Waals surface area (Å²) in [5, 5.41) is 11.9. The van der Waals surface area contributed by atoms with Crippen molar-refractivity contribution in [3.8, 4) is 0 Å². The molecule has 0 aliphatic heterocycles. The molecule has 0 aliphatic rings. The average Bonchev–Trinajstić information content (AvgIpc) is 2.28. The number of hydrogen-bond donors (Lipinski definition) is 2. The van der Waals surface area contributed by atoms with Gasteiger partial charge in [-0.3, -0.25) is 4.79 Å². The number of halogens is 1. The molecule has 5 heteroatoms. The smallest absolute Gasteiger partial charge is 0.254 e. The predicted molar refractivity (Wildman–Crippen MR) is 62.4 cm³/mol. The first-order chi connectivity index (χ1) is 7.56. The molecular formula is C11H15ClN2O2. The highest BCUT2D eigenvalue weighted by Crippen LogP contribution is 2.12. The molecule has 1 amide bonds. The number of carbonyl (C=O) groups is 1. The molecule has 88 valence electrons. The molecule has 4 nitrogen and oxygen atoms in total. The first-order valence-electron chi connectivity index (χ1n) is 5.08. The number of nitrogens with one attached hydrogen (secondary N) is 1. The molecule has 0 fully saturated rings. The maximum absolute atomic E-state index is 11.8. The van der Waals surface area contributed by atoms with Gasteiger partial charge in [-0.2, -0.15) is 0 Å². The number of nitrogens with zero attached hydrogens (tertiary/aromatic N) is 1. The summed E-state index contributed by atoms with van der Waals surface area (Å²) >= 11 is 5.79. The molecule has 16 heavy (non-hydrogen) atoms. The van der Waals surface area contributed by atoms with Gasteiger partial charge in [-0.15, -0.1) is 0 Å². The van der Waals surface area contributed by atoms with E-state index in [4.69, 9.17) is 16.7 Å². The minimum atomic E-state index is -0.272. The van der Waals surface area contributed by atoms with Crippen molar-refractivity contribution in [2.24, 2.45) is 5.92 Å². The summed E-state index contributed by atoms with van der Waals surface area (Å²) in [6, 6.07) is 3.15. The number of rotatable bonds is 4. The predicted octanol–water partition coefficient (Wildman–Crippen LogP) is 1.48. The van der Waals surface area contributed by atoms with Gasteiger partial charge in [0.1, 0.15) is 5.15 Å². The molecule has 0 saturated carbocycles. The lowest BCUT2D eigenvalue weighted by Crippen LogP contribution is -2.38. The summed E-state index contributed by atoms with van der Waals surface area (Å²) < 4.78 is 0. The van der Waals surface area contributed by atoms with Crippen LogP contribution in [0, 0.1) is 5.92 Å². The van der Waals surface area contributed by atoms with Crippen LogP contribution in [0.2, 0.25) is 5.15 Å². The molecule has 2 unspecified atom stereocenters. The van der Waals surface area contributed by atoms with Crippen LogP contribution in [0.15, 0.2) is 18.3 Å². The van der Waals surface area contributed by atoms with Crippen LogP contribution < -0.4 is 5.32 Å². The zero-order valence-electron chi connectivity index (χ0n) is 9.27. The SMILES string of the molecule is CC(CO)C(C)NC(=O)c1cccnc1Cl. The lowest BCUT2D eigenvalue weighted by Gasteiger charge is -2.19. The summed E-state index contributed by atoms with van der Waals surface area (Å²) in [7, 11) is 0. The summed E-state index contributed by atoms with van der Waals surface area (Å²) in [5.74, 6) is -0.273. The Balaban J connectivity index is 2.70. The number of pyridine rings is 1. The number of amides is 1. The van der Waals surface area contributed by atoms with E-state index in [1.54, 1.807) is 12.1 Å². The number of aromatic nitrogens is 1. The quantitative estimate of drug-likeness (QED) is 0.787. The second-order valence-corrected chi connectivity index (χ2v) is 4.12. The van der Waals surface area contributed by atoms with Crippen molar-refractivity contribution in [3.05, 3.63) is 29.0 Å². The van der Waals surface area contributed by atoms with E-state index in [-0.39, 0.29) is 29.6 Å². The highest BCUT2D eigenvalue weighted by molar-refractivity contribution is 6.32. The third-order valence-corrected chi connectivity index (χ3v) is 2.81. The molecule has 0 saturated heterocycles. The Morgan fingerprint density at radius 1 is 1.62 bits per heavy atom. The lowest BCUT2D eigenvalue weighted by atomic mass is 10.0. The fourth-order valence-electron chi connectivity index (χ4n) is 1.14. The van der Waals surface area contributed by atoms with Crippen molar-refractivity contribution in [2.75, 3.05) is 6.61 Å². The van der Waals surface area contributed by atoms with Gasteiger partial charge in [-0.1, -0.05) is 18.5 Å². The van der Waals surface area contributed by atoms with Crippen LogP contribution in [0.3, 0.4) is 0 Å². The molecular weight excluding hydrogens is 228 g/mol. The topological polar surface area (TPSA) is 62.2 Å². The van der Waals surface area contributed by atoms with E-state index < -0.39 is 0 Å². The van der Waals surface area contributed by atoms with Gasteiger partial charge in [0.2, 0.25) is 0 Å². The zero-order chi connectivity index (χ0) is 12.1. The van der Waals surface area contributed by atoms with Crippen molar-refractivity contribution in [1.29, 1.82) is 0 Å². The summed E-state index contributed by atoms with van der Waals surface area (Å²) in [5.41, 5.74) is 0.348. The third kappa shape index (κ3) is 3.18. The highest BCUT2D eigenvalue weighted by Gasteiger charge is 2.16. The lowest BCUT2D eigenvalue weighted by molar-refractivity contribution is 0.0916. The van der Waals surface area contributed by atoms with E-state index in [9.17, 15) is 4.79 Å².